The number of alkyl halides is 1. The summed E-state index contributed by atoms with van der Waals surface area (Å²) in [4.78, 5) is 19.7. The third-order valence-electron chi connectivity index (χ3n) is 2.89. The molecule has 3 unspecified atom stereocenters. The zero-order valence-corrected chi connectivity index (χ0v) is 7.42. The molecule has 1 fully saturated rings. The van der Waals surface area contributed by atoms with E-state index in [4.69, 9.17) is 21.8 Å². The molecule has 68 valence electrons. The Balaban J connectivity index is 3.03. The number of halogens is 1. The van der Waals surface area contributed by atoms with Gasteiger partial charge < -0.3 is 10.2 Å². The van der Waals surface area contributed by atoms with Crippen molar-refractivity contribution in [2.45, 2.75) is 18.7 Å². The highest BCUT2D eigenvalue weighted by molar-refractivity contribution is 6.39. The fourth-order valence-corrected chi connectivity index (χ4v) is 1.94. The highest BCUT2D eigenvalue weighted by Crippen LogP contribution is 2.66. The Bertz CT molecular complexity index is 238. The van der Waals surface area contributed by atoms with Gasteiger partial charge in [-0.1, -0.05) is 6.92 Å². The van der Waals surface area contributed by atoms with E-state index in [0.717, 1.165) is 0 Å². The van der Waals surface area contributed by atoms with Crippen molar-refractivity contribution in [1.29, 1.82) is 0 Å². The smallest absolute Gasteiger partial charge is 0.326 e. The van der Waals surface area contributed by atoms with E-state index in [2.05, 4.69) is 0 Å². The highest BCUT2D eigenvalue weighted by Gasteiger charge is 2.80. The summed E-state index contributed by atoms with van der Waals surface area (Å²) in [6.07, 6.45) is 0. The highest BCUT2D eigenvalue weighted by atomic mass is 35.5. The van der Waals surface area contributed by atoms with Gasteiger partial charge in [-0.25, -0.2) is 0 Å². The maximum atomic E-state index is 10.7. The molecule has 1 aliphatic rings. The van der Waals surface area contributed by atoms with Gasteiger partial charge >= 0.3 is 11.9 Å². The number of rotatable bonds is 2. The van der Waals surface area contributed by atoms with E-state index >= 15 is 0 Å². The normalized spacial score (nSPS) is 45.4. The SMILES string of the molecule is CC1C(C)(C(=O)O)C1(Cl)C(=O)O. The molecular weight excluding hydrogens is 184 g/mol. The monoisotopic (exact) mass is 192 g/mol. The van der Waals surface area contributed by atoms with Crippen LogP contribution in [0, 0.1) is 11.3 Å². The first-order chi connectivity index (χ1) is 5.29. The summed E-state index contributed by atoms with van der Waals surface area (Å²) in [7, 11) is 0. The number of carboxylic acids is 2. The molecule has 0 aromatic heterocycles. The van der Waals surface area contributed by atoms with Crippen LogP contribution in [-0.4, -0.2) is 27.0 Å². The Morgan fingerprint density at radius 1 is 1.33 bits per heavy atom. The van der Waals surface area contributed by atoms with Crippen LogP contribution in [0.1, 0.15) is 13.8 Å². The Morgan fingerprint density at radius 2 is 1.75 bits per heavy atom. The van der Waals surface area contributed by atoms with Crippen molar-refractivity contribution in [2.75, 3.05) is 0 Å². The van der Waals surface area contributed by atoms with Crippen LogP contribution < -0.4 is 0 Å². The molecule has 0 saturated heterocycles. The molecule has 0 bridgehead atoms. The molecular formula is C7H9ClO4. The average molecular weight is 193 g/mol. The van der Waals surface area contributed by atoms with Crippen LogP contribution in [-0.2, 0) is 9.59 Å². The van der Waals surface area contributed by atoms with Gasteiger partial charge in [0.1, 0.15) is 0 Å². The van der Waals surface area contributed by atoms with E-state index < -0.39 is 28.1 Å². The topological polar surface area (TPSA) is 74.6 Å². The molecule has 0 heterocycles. The molecule has 0 radical (unpaired) electrons. The lowest BCUT2D eigenvalue weighted by Gasteiger charge is -2.06. The predicted molar refractivity (Wildman–Crippen MR) is 41.1 cm³/mol. The molecule has 0 amide bonds. The van der Waals surface area contributed by atoms with Gasteiger partial charge in [-0.2, -0.15) is 0 Å². The van der Waals surface area contributed by atoms with E-state index in [-0.39, 0.29) is 0 Å². The minimum absolute atomic E-state index is 0.540. The third-order valence-corrected chi connectivity index (χ3v) is 3.77. The van der Waals surface area contributed by atoms with Gasteiger partial charge in [0.25, 0.3) is 0 Å². The zero-order valence-electron chi connectivity index (χ0n) is 6.67. The number of carbonyl (C=O) groups is 2. The lowest BCUT2D eigenvalue weighted by Crippen LogP contribution is -2.28. The van der Waals surface area contributed by atoms with Crippen LogP contribution in [0.3, 0.4) is 0 Å². The molecule has 2 N–H and O–H groups in total. The standard InChI is InChI=1S/C7H9ClO4/c1-3-6(2,4(9)10)7(3,8)5(11)12/h3H,1-2H3,(H,9,10)(H,11,12). The molecule has 0 aromatic rings. The van der Waals surface area contributed by atoms with E-state index in [1.807, 2.05) is 0 Å². The molecule has 5 heteroatoms. The number of hydrogen-bond donors (Lipinski definition) is 2. The van der Waals surface area contributed by atoms with Crippen LogP contribution in [0.5, 0.6) is 0 Å². The van der Waals surface area contributed by atoms with Crippen molar-refractivity contribution < 1.29 is 19.8 Å². The predicted octanol–water partition coefficient (Wildman–Crippen LogP) is 0.789. The maximum Gasteiger partial charge on any atom is 0.326 e. The van der Waals surface area contributed by atoms with E-state index in [1.165, 1.54) is 13.8 Å². The maximum absolute atomic E-state index is 10.7. The summed E-state index contributed by atoms with van der Waals surface area (Å²) < 4.78 is 0. The first-order valence-electron chi connectivity index (χ1n) is 3.45. The van der Waals surface area contributed by atoms with Gasteiger partial charge in [-0.15, -0.1) is 11.6 Å². The van der Waals surface area contributed by atoms with E-state index in [9.17, 15) is 9.59 Å². The second-order valence-corrected chi connectivity index (χ2v) is 3.84. The summed E-state index contributed by atoms with van der Waals surface area (Å²) in [6, 6.07) is 0. The molecule has 3 atom stereocenters. The molecule has 0 spiro atoms. The molecule has 12 heavy (non-hydrogen) atoms. The molecule has 1 aliphatic carbocycles. The number of aliphatic carboxylic acids is 2. The second kappa shape index (κ2) is 2.13. The lowest BCUT2D eigenvalue weighted by molar-refractivity contribution is -0.147. The average Bonchev–Trinajstić information content (AvgIpc) is 2.39. The van der Waals surface area contributed by atoms with Gasteiger partial charge in [0.2, 0.25) is 0 Å². The fourth-order valence-electron chi connectivity index (χ4n) is 1.54. The van der Waals surface area contributed by atoms with Gasteiger partial charge in [-0.3, -0.25) is 9.59 Å². The Labute approximate surface area is 74.1 Å². The minimum atomic E-state index is -1.63. The lowest BCUT2D eigenvalue weighted by atomic mass is 10.1. The Hall–Kier alpha value is -0.770. The first-order valence-corrected chi connectivity index (χ1v) is 3.83. The summed E-state index contributed by atoms with van der Waals surface area (Å²) >= 11 is 5.65. The van der Waals surface area contributed by atoms with Crippen LogP contribution in [0.4, 0.5) is 0 Å². The van der Waals surface area contributed by atoms with Crippen LogP contribution in [0.15, 0.2) is 0 Å². The third kappa shape index (κ3) is 0.684. The number of hydrogen-bond acceptors (Lipinski definition) is 2. The molecule has 0 aliphatic heterocycles. The molecule has 1 rings (SSSR count). The van der Waals surface area contributed by atoms with Gasteiger partial charge in [0.15, 0.2) is 4.87 Å². The molecule has 1 saturated carbocycles. The van der Waals surface area contributed by atoms with Crippen molar-refractivity contribution in [1.82, 2.24) is 0 Å². The van der Waals surface area contributed by atoms with Crippen molar-refractivity contribution in [2.24, 2.45) is 11.3 Å². The van der Waals surface area contributed by atoms with Crippen LogP contribution in [0.25, 0.3) is 0 Å². The largest absolute Gasteiger partial charge is 0.481 e. The fraction of sp³-hybridized carbons (Fsp3) is 0.714. The van der Waals surface area contributed by atoms with Gasteiger partial charge in [-0.05, 0) is 6.92 Å². The van der Waals surface area contributed by atoms with Crippen molar-refractivity contribution in [3.8, 4) is 0 Å². The summed E-state index contributed by atoms with van der Waals surface area (Å²) in [6.45, 7) is 2.87. The van der Waals surface area contributed by atoms with Crippen LogP contribution >= 0.6 is 11.6 Å². The zero-order chi connectivity index (χ0) is 9.73. The summed E-state index contributed by atoms with van der Waals surface area (Å²) in [5.41, 5.74) is -1.33. The Morgan fingerprint density at radius 3 is 1.83 bits per heavy atom. The molecule has 4 nitrogen and oxygen atoms in total. The van der Waals surface area contributed by atoms with Crippen molar-refractivity contribution >= 4 is 23.5 Å². The van der Waals surface area contributed by atoms with Crippen molar-refractivity contribution in [3.63, 3.8) is 0 Å². The summed E-state index contributed by atoms with van der Waals surface area (Å²) in [5.74, 6) is -2.96. The first kappa shape index (κ1) is 9.32. The van der Waals surface area contributed by atoms with Gasteiger partial charge in [0.05, 0.1) is 5.41 Å². The van der Waals surface area contributed by atoms with E-state index in [1.54, 1.807) is 0 Å². The van der Waals surface area contributed by atoms with Gasteiger partial charge in [0, 0.05) is 5.92 Å². The van der Waals surface area contributed by atoms with Crippen LogP contribution in [0.2, 0.25) is 0 Å². The second-order valence-electron chi connectivity index (χ2n) is 3.25. The van der Waals surface area contributed by atoms with Crippen molar-refractivity contribution in [3.05, 3.63) is 0 Å². The Kier molecular flexibility index (Phi) is 1.65. The molecule has 0 aromatic carbocycles. The van der Waals surface area contributed by atoms with E-state index in [0.29, 0.717) is 0 Å². The minimum Gasteiger partial charge on any atom is -0.481 e. The quantitative estimate of drug-likeness (QED) is 0.635. The number of carboxylic acid groups (broad SMARTS) is 2. The summed E-state index contributed by atoms with van der Waals surface area (Å²) in [5, 5.41) is 17.4.